The highest BCUT2D eigenvalue weighted by Crippen LogP contribution is 2.25. The molecule has 0 saturated carbocycles. The molecule has 1 saturated heterocycles. The van der Waals surface area contributed by atoms with Gasteiger partial charge in [-0.3, -0.25) is 9.59 Å². The van der Waals surface area contributed by atoms with E-state index in [1.165, 1.54) is 12.5 Å². The molecule has 1 aromatic carbocycles. The number of amides is 2. The van der Waals surface area contributed by atoms with Gasteiger partial charge in [0.15, 0.2) is 0 Å². The SMILES string of the molecule is CC(=O)N1CCCCC1C(=O)NCCOc1cccc(C(C)(C)C)c1. The van der Waals surface area contributed by atoms with Crippen LogP contribution in [0.25, 0.3) is 0 Å². The van der Waals surface area contributed by atoms with Crippen LogP contribution in [0.2, 0.25) is 0 Å². The van der Waals surface area contributed by atoms with Crippen molar-refractivity contribution in [3.8, 4) is 5.75 Å². The zero-order valence-electron chi connectivity index (χ0n) is 15.8. The zero-order valence-corrected chi connectivity index (χ0v) is 15.8. The normalized spacial score (nSPS) is 17.9. The number of likely N-dealkylation sites (tertiary alicyclic amines) is 1. The van der Waals surface area contributed by atoms with E-state index in [1.54, 1.807) is 4.90 Å². The molecule has 0 bridgehead atoms. The monoisotopic (exact) mass is 346 g/mol. The molecule has 5 nitrogen and oxygen atoms in total. The van der Waals surface area contributed by atoms with Gasteiger partial charge in [0, 0.05) is 13.5 Å². The molecule has 1 heterocycles. The van der Waals surface area contributed by atoms with Crippen molar-refractivity contribution in [2.45, 2.75) is 58.4 Å². The van der Waals surface area contributed by atoms with Crippen molar-refractivity contribution < 1.29 is 14.3 Å². The number of hydrogen-bond donors (Lipinski definition) is 1. The Hall–Kier alpha value is -2.04. The molecule has 2 amide bonds. The molecule has 138 valence electrons. The van der Waals surface area contributed by atoms with E-state index in [2.05, 4.69) is 32.2 Å². The number of hydrogen-bond acceptors (Lipinski definition) is 3. The van der Waals surface area contributed by atoms with E-state index in [0.29, 0.717) is 19.7 Å². The van der Waals surface area contributed by atoms with E-state index >= 15 is 0 Å². The molecule has 1 aliphatic heterocycles. The van der Waals surface area contributed by atoms with Gasteiger partial charge < -0.3 is 15.0 Å². The minimum Gasteiger partial charge on any atom is -0.492 e. The first kappa shape index (κ1) is 19.3. The second-order valence-corrected chi connectivity index (χ2v) is 7.64. The predicted molar refractivity (Wildman–Crippen MR) is 98.7 cm³/mol. The fourth-order valence-corrected chi connectivity index (χ4v) is 3.09. The Morgan fingerprint density at radius 1 is 1.28 bits per heavy atom. The highest BCUT2D eigenvalue weighted by atomic mass is 16.5. The lowest BCUT2D eigenvalue weighted by Gasteiger charge is -2.33. The second-order valence-electron chi connectivity index (χ2n) is 7.64. The standard InChI is InChI=1S/C20H30N2O3/c1-15(23)22-12-6-5-10-18(22)19(24)21-11-13-25-17-9-7-8-16(14-17)20(2,3)4/h7-9,14,18H,5-6,10-13H2,1-4H3,(H,21,24). The summed E-state index contributed by atoms with van der Waals surface area (Å²) in [5.74, 6) is 0.696. The lowest BCUT2D eigenvalue weighted by atomic mass is 9.87. The minimum atomic E-state index is -0.338. The second kappa shape index (κ2) is 8.37. The van der Waals surface area contributed by atoms with Gasteiger partial charge >= 0.3 is 0 Å². The fourth-order valence-electron chi connectivity index (χ4n) is 3.09. The number of carbonyl (C=O) groups excluding carboxylic acids is 2. The molecule has 0 radical (unpaired) electrons. The largest absolute Gasteiger partial charge is 0.492 e. The van der Waals surface area contributed by atoms with Crippen LogP contribution in [0.3, 0.4) is 0 Å². The summed E-state index contributed by atoms with van der Waals surface area (Å²) in [6.07, 6.45) is 2.69. The Morgan fingerprint density at radius 2 is 2.04 bits per heavy atom. The average molecular weight is 346 g/mol. The van der Waals surface area contributed by atoms with Gasteiger partial charge in [-0.15, -0.1) is 0 Å². The van der Waals surface area contributed by atoms with E-state index in [9.17, 15) is 9.59 Å². The van der Waals surface area contributed by atoms with Crippen molar-refractivity contribution >= 4 is 11.8 Å². The van der Waals surface area contributed by atoms with Crippen LogP contribution in [-0.2, 0) is 15.0 Å². The van der Waals surface area contributed by atoms with Crippen molar-refractivity contribution in [2.24, 2.45) is 0 Å². The molecule has 1 N–H and O–H groups in total. The van der Waals surface area contributed by atoms with Crippen LogP contribution in [0, 0.1) is 0 Å². The third-order valence-corrected chi connectivity index (χ3v) is 4.58. The van der Waals surface area contributed by atoms with Crippen LogP contribution in [0.4, 0.5) is 0 Å². The molecule has 1 aromatic rings. The van der Waals surface area contributed by atoms with Crippen LogP contribution in [0.15, 0.2) is 24.3 Å². The summed E-state index contributed by atoms with van der Waals surface area (Å²) < 4.78 is 5.76. The lowest BCUT2D eigenvalue weighted by molar-refractivity contribution is -0.140. The molecule has 5 heteroatoms. The molecule has 1 unspecified atom stereocenters. The molecule has 1 atom stereocenters. The smallest absolute Gasteiger partial charge is 0.242 e. The average Bonchev–Trinajstić information content (AvgIpc) is 2.58. The molecule has 1 aliphatic rings. The van der Waals surface area contributed by atoms with Gasteiger partial charge in [0.2, 0.25) is 11.8 Å². The van der Waals surface area contributed by atoms with Gasteiger partial charge in [-0.1, -0.05) is 32.9 Å². The maximum absolute atomic E-state index is 12.3. The quantitative estimate of drug-likeness (QED) is 0.834. The van der Waals surface area contributed by atoms with Crippen molar-refractivity contribution in [3.63, 3.8) is 0 Å². The Labute approximate surface area is 150 Å². The lowest BCUT2D eigenvalue weighted by Crippen LogP contribution is -2.51. The van der Waals surface area contributed by atoms with E-state index in [4.69, 9.17) is 4.74 Å². The third-order valence-electron chi connectivity index (χ3n) is 4.58. The summed E-state index contributed by atoms with van der Waals surface area (Å²) in [5, 5.41) is 2.89. The van der Waals surface area contributed by atoms with Crippen LogP contribution in [0.1, 0.15) is 52.5 Å². The summed E-state index contributed by atoms with van der Waals surface area (Å²) in [6.45, 7) is 9.53. The van der Waals surface area contributed by atoms with Crippen LogP contribution >= 0.6 is 0 Å². The highest BCUT2D eigenvalue weighted by molar-refractivity contribution is 5.87. The third kappa shape index (κ3) is 5.48. The summed E-state index contributed by atoms with van der Waals surface area (Å²) >= 11 is 0. The first-order chi connectivity index (χ1) is 11.8. The summed E-state index contributed by atoms with van der Waals surface area (Å²) in [6, 6.07) is 7.71. The molecular weight excluding hydrogens is 316 g/mol. The van der Waals surface area contributed by atoms with E-state index in [1.807, 2.05) is 18.2 Å². The first-order valence-corrected chi connectivity index (χ1v) is 9.07. The van der Waals surface area contributed by atoms with Gasteiger partial charge in [0.05, 0.1) is 6.54 Å². The molecule has 1 fully saturated rings. The van der Waals surface area contributed by atoms with Gasteiger partial charge in [-0.2, -0.15) is 0 Å². The Balaban J connectivity index is 1.81. The summed E-state index contributed by atoms with van der Waals surface area (Å²) in [5.41, 5.74) is 1.29. The van der Waals surface area contributed by atoms with E-state index < -0.39 is 0 Å². The zero-order chi connectivity index (χ0) is 18.4. The van der Waals surface area contributed by atoms with Crippen LogP contribution < -0.4 is 10.1 Å². The van der Waals surface area contributed by atoms with Gasteiger partial charge in [-0.05, 0) is 42.4 Å². The molecule has 0 spiro atoms. The summed E-state index contributed by atoms with van der Waals surface area (Å²) in [7, 11) is 0. The van der Waals surface area contributed by atoms with Crippen molar-refractivity contribution in [2.75, 3.05) is 19.7 Å². The molecule has 0 aromatic heterocycles. The van der Waals surface area contributed by atoms with Gasteiger partial charge in [0.25, 0.3) is 0 Å². The molecule has 0 aliphatic carbocycles. The van der Waals surface area contributed by atoms with Crippen molar-refractivity contribution in [1.29, 1.82) is 0 Å². The van der Waals surface area contributed by atoms with Crippen LogP contribution in [0.5, 0.6) is 5.75 Å². The van der Waals surface area contributed by atoms with Crippen LogP contribution in [-0.4, -0.2) is 42.5 Å². The number of ether oxygens (including phenoxy) is 1. The number of piperidine rings is 1. The predicted octanol–water partition coefficient (Wildman–Crippen LogP) is 2.88. The maximum Gasteiger partial charge on any atom is 0.242 e. The molecule has 25 heavy (non-hydrogen) atoms. The van der Waals surface area contributed by atoms with Crippen molar-refractivity contribution in [3.05, 3.63) is 29.8 Å². The number of rotatable bonds is 5. The molecule has 2 rings (SSSR count). The number of carbonyl (C=O) groups is 2. The van der Waals surface area contributed by atoms with E-state index in [-0.39, 0.29) is 23.3 Å². The topological polar surface area (TPSA) is 58.6 Å². The van der Waals surface area contributed by atoms with Gasteiger partial charge in [0.1, 0.15) is 18.4 Å². The van der Waals surface area contributed by atoms with Crippen molar-refractivity contribution in [1.82, 2.24) is 10.2 Å². The Kier molecular flexibility index (Phi) is 6.45. The minimum absolute atomic E-state index is 0.0323. The first-order valence-electron chi connectivity index (χ1n) is 9.07. The van der Waals surface area contributed by atoms with E-state index in [0.717, 1.165) is 25.0 Å². The van der Waals surface area contributed by atoms with Gasteiger partial charge in [-0.25, -0.2) is 0 Å². The number of nitrogens with zero attached hydrogens (tertiary/aromatic N) is 1. The number of nitrogens with one attached hydrogen (secondary N) is 1. The maximum atomic E-state index is 12.3. The Bertz CT molecular complexity index is 607. The Morgan fingerprint density at radius 3 is 2.72 bits per heavy atom. The highest BCUT2D eigenvalue weighted by Gasteiger charge is 2.29. The fraction of sp³-hybridized carbons (Fsp3) is 0.600. The molecular formula is C20H30N2O3. The summed E-state index contributed by atoms with van der Waals surface area (Å²) in [4.78, 5) is 25.7. The number of benzene rings is 1.